The van der Waals surface area contributed by atoms with Crippen molar-refractivity contribution in [3.05, 3.63) is 70.8 Å². The Kier molecular flexibility index (Phi) is 5.13. The Hall–Kier alpha value is -3.59. The summed E-state index contributed by atoms with van der Waals surface area (Å²) < 4.78 is 16.9. The van der Waals surface area contributed by atoms with Crippen molar-refractivity contribution in [1.82, 2.24) is 23.8 Å². The number of nitrogens with zero attached hydrogens (tertiary/aromatic N) is 6. The Labute approximate surface area is 195 Å². The average Bonchev–Trinajstić information content (AvgIpc) is 3.23. The lowest BCUT2D eigenvalue weighted by Gasteiger charge is -2.48. The highest BCUT2D eigenvalue weighted by atomic mass is 19.1. The van der Waals surface area contributed by atoms with E-state index >= 15 is 0 Å². The quantitative estimate of drug-likeness (QED) is 0.426. The molecular formula is C25H25FN6O2. The molecule has 174 valence electrons. The van der Waals surface area contributed by atoms with Crippen molar-refractivity contribution in [1.29, 1.82) is 0 Å². The van der Waals surface area contributed by atoms with Crippen molar-refractivity contribution in [2.75, 3.05) is 31.1 Å². The molecule has 34 heavy (non-hydrogen) atoms. The highest BCUT2D eigenvalue weighted by Gasteiger charge is 2.34. The molecule has 0 radical (unpaired) electrons. The Balaban J connectivity index is 1.23. The summed E-state index contributed by atoms with van der Waals surface area (Å²) in [5, 5.41) is 1.47. The van der Waals surface area contributed by atoms with E-state index in [2.05, 4.69) is 19.8 Å². The number of hydrogen-bond acceptors (Lipinski definition) is 6. The number of hydrogen-bond donors (Lipinski definition) is 0. The van der Waals surface area contributed by atoms with Crippen molar-refractivity contribution in [2.24, 2.45) is 0 Å². The molecule has 0 saturated carbocycles. The first-order valence-electron chi connectivity index (χ1n) is 11.6. The Morgan fingerprint density at radius 3 is 2.68 bits per heavy atom. The highest BCUT2D eigenvalue weighted by molar-refractivity contribution is 5.93. The lowest BCUT2D eigenvalue weighted by atomic mass is 10.0. The van der Waals surface area contributed by atoms with E-state index in [4.69, 9.17) is 0 Å². The number of alkyl halides is 1. The van der Waals surface area contributed by atoms with Gasteiger partial charge in [0.2, 0.25) is 0 Å². The Morgan fingerprint density at radius 2 is 1.88 bits per heavy atom. The fourth-order valence-corrected chi connectivity index (χ4v) is 5.07. The molecule has 0 atom stereocenters. The van der Waals surface area contributed by atoms with Crippen LogP contribution >= 0.6 is 0 Å². The minimum Gasteiger partial charge on any atom is -0.367 e. The van der Waals surface area contributed by atoms with Crippen molar-refractivity contribution >= 4 is 28.4 Å². The second-order valence-electron chi connectivity index (χ2n) is 9.22. The molecule has 8 nitrogen and oxygen atoms in total. The number of imidazole rings is 1. The van der Waals surface area contributed by atoms with Gasteiger partial charge in [-0.25, -0.2) is 9.37 Å². The van der Waals surface area contributed by atoms with Gasteiger partial charge in [-0.15, -0.1) is 0 Å². The SMILES string of the molecule is O=Cc1ccc2nc(Cn3ccc4c(N5CC(N6CCC(F)CC6)C5)cncc4c3=O)cn2c1. The average molecular weight is 461 g/mol. The van der Waals surface area contributed by atoms with Gasteiger partial charge in [0.25, 0.3) is 5.56 Å². The summed E-state index contributed by atoms with van der Waals surface area (Å²) in [5.74, 6) is 0. The van der Waals surface area contributed by atoms with Crippen molar-refractivity contribution in [3.8, 4) is 0 Å². The molecule has 2 aliphatic heterocycles. The van der Waals surface area contributed by atoms with E-state index in [-0.39, 0.29) is 5.56 Å². The van der Waals surface area contributed by atoms with Crippen LogP contribution < -0.4 is 10.5 Å². The second kappa shape index (κ2) is 8.32. The van der Waals surface area contributed by atoms with Gasteiger partial charge in [0, 0.05) is 68.0 Å². The maximum atomic E-state index is 13.5. The predicted octanol–water partition coefficient (Wildman–Crippen LogP) is 2.53. The van der Waals surface area contributed by atoms with E-state index in [1.165, 1.54) is 0 Å². The molecule has 9 heteroatoms. The molecule has 0 unspecified atom stereocenters. The van der Waals surface area contributed by atoms with Crippen LogP contribution in [-0.2, 0) is 6.54 Å². The summed E-state index contributed by atoms with van der Waals surface area (Å²) in [5.41, 5.74) is 2.88. The molecular weight excluding hydrogens is 435 g/mol. The summed E-state index contributed by atoms with van der Waals surface area (Å²) in [6.45, 7) is 3.69. The second-order valence-corrected chi connectivity index (χ2v) is 9.22. The van der Waals surface area contributed by atoms with Crippen LogP contribution in [0, 0.1) is 0 Å². The predicted molar refractivity (Wildman–Crippen MR) is 127 cm³/mol. The monoisotopic (exact) mass is 460 g/mol. The van der Waals surface area contributed by atoms with Crippen LogP contribution in [-0.4, -0.2) is 68.5 Å². The molecule has 2 aliphatic rings. The zero-order valence-electron chi connectivity index (χ0n) is 18.7. The van der Waals surface area contributed by atoms with Crippen molar-refractivity contribution in [2.45, 2.75) is 31.6 Å². The van der Waals surface area contributed by atoms with Crippen LogP contribution in [0.15, 0.2) is 54.0 Å². The number of pyridine rings is 3. The number of aromatic nitrogens is 4. The van der Waals surface area contributed by atoms with E-state index in [9.17, 15) is 14.0 Å². The van der Waals surface area contributed by atoms with Gasteiger partial charge in [-0.1, -0.05) is 0 Å². The molecule has 0 aliphatic carbocycles. The van der Waals surface area contributed by atoms with E-state index in [1.807, 2.05) is 18.5 Å². The van der Waals surface area contributed by atoms with Crippen LogP contribution in [0.1, 0.15) is 28.9 Å². The molecule has 2 fully saturated rings. The van der Waals surface area contributed by atoms with Gasteiger partial charge in [-0.05, 0) is 31.0 Å². The first-order valence-corrected chi connectivity index (χ1v) is 11.6. The molecule has 0 N–H and O–H groups in total. The zero-order valence-corrected chi connectivity index (χ0v) is 18.7. The van der Waals surface area contributed by atoms with Gasteiger partial charge >= 0.3 is 0 Å². The number of anilines is 1. The van der Waals surface area contributed by atoms with E-state index in [1.54, 1.807) is 39.7 Å². The smallest absolute Gasteiger partial charge is 0.260 e. The first kappa shape index (κ1) is 21.0. The maximum Gasteiger partial charge on any atom is 0.260 e. The summed E-state index contributed by atoms with van der Waals surface area (Å²) in [6, 6.07) is 5.90. The number of carbonyl (C=O) groups excluding carboxylic acids is 1. The molecule has 4 aromatic heterocycles. The number of carbonyl (C=O) groups is 1. The van der Waals surface area contributed by atoms with Gasteiger partial charge in [0.05, 0.1) is 29.5 Å². The maximum absolute atomic E-state index is 13.5. The third kappa shape index (κ3) is 3.66. The minimum atomic E-state index is -0.661. The van der Waals surface area contributed by atoms with Crippen LogP contribution in [0.2, 0.25) is 0 Å². The van der Waals surface area contributed by atoms with Crippen LogP contribution in [0.25, 0.3) is 16.4 Å². The van der Waals surface area contributed by atoms with E-state index < -0.39 is 6.17 Å². The van der Waals surface area contributed by atoms with Gasteiger partial charge < -0.3 is 13.9 Å². The van der Waals surface area contributed by atoms with Gasteiger partial charge in [-0.2, -0.15) is 0 Å². The lowest BCUT2D eigenvalue weighted by molar-refractivity contribution is 0.0964. The summed E-state index contributed by atoms with van der Waals surface area (Å²) in [6.07, 6.45) is 10.2. The minimum absolute atomic E-state index is 0.112. The summed E-state index contributed by atoms with van der Waals surface area (Å²) in [4.78, 5) is 37.8. The van der Waals surface area contributed by atoms with Crippen molar-refractivity contribution in [3.63, 3.8) is 0 Å². The van der Waals surface area contributed by atoms with Crippen LogP contribution in [0.3, 0.4) is 0 Å². The van der Waals surface area contributed by atoms with Crippen molar-refractivity contribution < 1.29 is 9.18 Å². The number of fused-ring (bicyclic) bond motifs is 2. The number of piperidine rings is 1. The molecule has 4 aromatic rings. The summed E-state index contributed by atoms with van der Waals surface area (Å²) in [7, 11) is 0. The summed E-state index contributed by atoms with van der Waals surface area (Å²) >= 11 is 0. The van der Waals surface area contributed by atoms with E-state index in [0.29, 0.717) is 36.4 Å². The molecule has 0 spiro atoms. The number of rotatable bonds is 5. The zero-order chi connectivity index (χ0) is 23.2. The van der Waals surface area contributed by atoms with Gasteiger partial charge in [-0.3, -0.25) is 19.5 Å². The molecule has 2 saturated heterocycles. The number of likely N-dealkylation sites (tertiary alicyclic amines) is 1. The molecule has 6 rings (SSSR count). The van der Waals surface area contributed by atoms with Gasteiger partial charge in [0.15, 0.2) is 6.29 Å². The number of halogens is 1. The Morgan fingerprint density at radius 1 is 1.06 bits per heavy atom. The normalized spacial score (nSPS) is 18.0. The van der Waals surface area contributed by atoms with Crippen LogP contribution in [0.5, 0.6) is 0 Å². The topological polar surface area (TPSA) is 75.7 Å². The Bertz CT molecular complexity index is 1430. The third-order valence-electron chi connectivity index (χ3n) is 7.05. The standard InChI is InChI=1S/C25H25FN6O2/c26-18-3-6-29(7-4-18)20-14-31(15-20)23-10-27-9-22-21(23)5-8-30(25(22)34)12-19-13-32-11-17(16-33)1-2-24(32)28-19/h1-2,5,8-11,13,16,18,20H,3-4,6-7,12,14-15H2. The molecule has 0 bridgehead atoms. The van der Waals surface area contributed by atoms with Crippen LogP contribution in [0.4, 0.5) is 10.1 Å². The molecule has 0 aromatic carbocycles. The fraction of sp³-hybridized carbons (Fsp3) is 0.360. The first-order chi connectivity index (χ1) is 16.6. The molecule has 6 heterocycles. The van der Waals surface area contributed by atoms with Gasteiger partial charge in [0.1, 0.15) is 11.8 Å². The van der Waals surface area contributed by atoms with E-state index in [0.717, 1.165) is 54.9 Å². The lowest BCUT2D eigenvalue weighted by Crippen LogP contribution is -2.61. The largest absolute Gasteiger partial charge is 0.367 e. The molecule has 0 amide bonds. The number of aldehydes is 1. The third-order valence-corrected chi connectivity index (χ3v) is 7.05. The highest BCUT2D eigenvalue weighted by Crippen LogP contribution is 2.30. The fourth-order valence-electron chi connectivity index (χ4n) is 5.07.